The minimum atomic E-state index is -0.474. The molecule has 1 aliphatic heterocycles. The van der Waals surface area contributed by atoms with Crippen molar-refractivity contribution in [3.63, 3.8) is 0 Å². The highest BCUT2D eigenvalue weighted by atomic mass is 19.1. The fourth-order valence-corrected chi connectivity index (χ4v) is 3.39. The predicted octanol–water partition coefficient (Wildman–Crippen LogP) is 3.60. The molecule has 0 saturated carbocycles. The predicted molar refractivity (Wildman–Crippen MR) is 107 cm³/mol. The summed E-state index contributed by atoms with van der Waals surface area (Å²) in [6.45, 7) is 2.43. The van der Waals surface area contributed by atoms with Gasteiger partial charge in [-0.15, -0.1) is 0 Å². The van der Waals surface area contributed by atoms with Crippen LogP contribution in [-0.4, -0.2) is 42.2 Å². The van der Waals surface area contributed by atoms with E-state index in [1.165, 1.54) is 24.3 Å². The quantitative estimate of drug-likeness (QED) is 0.574. The Kier molecular flexibility index (Phi) is 4.33. The van der Waals surface area contributed by atoms with E-state index >= 15 is 0 Å². The number of nitrogens with zero attached hydrogens (tertiary/aromatic N) is 3. The van der Waals surface area contributed by atoms with Crippen molar-refractivity contribution in [2.75, 3.05) is 36.5 Å². The van der Waals surface area contributed by atoms with Crippen molar-refractivity contribution in [2.45, 2.75) is 0 Å². The number of halogens is 1. The highest BCUT2D eigenvalue weighted by Gasteiger charge is 2.24. The van der Waals surface area contributed by atoms with Crippen molar-refractivity contribution < 1.29 is 18.3 Å². The second-order valence-electron chi connectivity index (χ2n) is 6.71. The topological polar surface area (TPSA) is 80.5 Å². The van der Waals surface area contributed by atoms with Crippen molar-refractivity contribution >= 4 is 39.5 Å². The molecule has 3 heterocycles. The van der Waals surface area contributed by atoms with E-state index in [-0.39, 0.29) is 11.6 Å². The molecule has 5 rings (SSSR count). The number of para-hydroxylation sites is 1. The summed E-state index contributed by atoms with van der Waals surface area (Å²) in [5.41, 5.74) is 2.28. The van der Waals surface area contributed by atoms with E-state index < -0.39 is 5.91 Å². The first kappa shape index (κ1) is 17.6. The lowest BCUT2D eigenvalue weighted by Crippen LogP contribution is -2.37. The molecule has 1 N–H and O–H groups in total. The zero-order valence-electron chi connectivity index (χ0n) is 15.4. The van der Waals surface area contributed by atoms with E-state index in [1.807, 2.05) is 29.2 Å². The molecule has 0 unspecified atom stereocenters. The number of hydrogen-bond acceptors (Lipinski definition) is 6. The van der Waals surface area contributed by atoms with Gasteiger partial charge in [0.05, 0.1) is 13.2 Å². The van der Waals surface area contributed by atoms with Gasteiger partial charge in [-0.25, -0.2) is 14.4 Å². The van der Waals surface area contributed by atoms with Gasteiger partial charge in [0.15, 0.2) is 11.4 Å². The highest BCUT2D eigenvalue weighted by molar-refractivity contribution is 6.09. The van der Waals surface area contributed by atoms with E-state index in [9.17, 15) is 9.18 Å². The minimum absolute atomic E-state index is 0.0230. The van der Waals surface area contributed by atoms with Crippen molar-refractivity contribution in [1.82, 2.24) is 9.97 Å². The first-order chi connectivity index (χ1) is 14.2. The van der Waals surface area contributed by atoms with Gasteiger partial charge in [0.25, 0.3) is 5.91 Å². The molecule has 2 aromatic heterocycles. The number of hydrogen-bond donors (Lipinski definition) is 1. The smallest absolute Gasteiger partial charge is 0.293 e. The number of furan rings is 1. The monoisotopic (exact) mass is 392 g/mol. The van der Waals surface area contributed by atoms with E-state index in [4.69, 9.17) is 9.15 Å². The number of amides is 1. The Hall–Kier alpha value is -3.52. The van der Waals surface area contributed by atoms with Gasteiger partial charge in [-0.1, -0.05) is 12.1 Å². The summed E-state index contributed by atoms with van der Waals surface area (Å²) in [5.74, 6) is -0.257. The number of carbonyl (C=O) groups excluding carboxylic acids is 1. The number of morpholine rings is 1. The maximum atomic E-state index is 13.1. The lowest BCUT2D eigenvalue weighted by molar-refractivity contribution is 0.101. The Morgan fingerprint density at radius 2 is 1.79 bits per heavy atom. The Morgan fingerprint density at radius 3 is 2.59 bits per heavy atom. The van der Waals surface area contributed by atoms with Crippen LogP contribution in [0, 0.1) is 5.82 Å². The molecule has 0 bridgehead atoms. The highest BCUT2D eigenvalue weighted by Crippen LogP contribution is 2.33. The molecule has 0 aliphatic carbocycles. The van der Waals surface area contributed by atoms with Gasteiger partial charge in [-0.2, -0.15) is 0 Å². The van der Waals surface area contributed by atoms with Crippen molar-refractivity contribution in [3.05, 3.63) is 60.2 Å². The number of benzene rings is 2. The van der Waals surface area contributed by atoms with Crippen LogP contribution in [-0.2, 0) is 4.74 Å². The standard InChI is InChI=1S/C21H17FN4O3/c22-13-5-7-14(8-6-13)23-21(27)19-24-17-15-3-1-2-4-16(15)29-18(17)20(25-19)26-9-11-28-12-10-26/h1-8H,9-12H2,(H,23,27). The zero-order chi connectivity index (χ0) is 19.8. The van der Waals surface area contributed by atoms with Gasteiger partial charge in [-0.05, 0) is 36.4 Å². The largest absolute Gasteiger partial charge is 0.450 e. The fourth-order valence-electron chi connectivity index (χ4n) is 3.39. The van der Waals surface area contributed by atoms with Crippen molar-refractivity contribution in [2.24, 2.45) is 0 Å². The second kappa shape index (κ2) is 7.14. The second-order valence-corrected chi connectivity index (χ2v) is 6.71. The number of ether oxygens (including phenoxy) is 1. The summed E-state index contributed by atoms with van der Waals surface area (Å²) in [4.78, 5) is 23.9. The molecule has 146 valence electrons. The van der Waals surface area contributed by atoms with Crippen LogP contribution in [0.4, 0.5) is 15.9 Å². The van der Waals surface area contributed by atoms with Crippen LogP contribution in [0.15, 0.2) is 52.9 Å². The van der Waals surface area contributed by atoms with Gasteiger partial charge in [0.2, 0.25) is 5.82 Å². The summed E-state index contributed by atoms with van der Waals surface area (Å²) in [7, 11) is 0. The summed E-state index contributed by atoms with van der Waals surface area (Å²) in [6.07, 6.45) is 0. The third-order valence-corrected chi connectivity index (χ3v) is 4.82. The van der Waals surface area contributed by atoms with Crippen LogP contribution in [0.3, 0.4) is 0 Å². The van der Waals surface area contributed by atoms with Crippen LogP contribution in [0.2, 0.25) is 0 Å². The van der Waals surface area contributed by atoms with Crippen molar-refractivity contribution in [1.29, 1.82) is 0 Å². The Morgan fingerprint density at radius 1 is 1.03 bits per heavy atom. The number of nitrogens with one attached hydrogen (secondary N) is 1. The number of fused-ring (bicyclic) bond motifs is 3. The molecular weight excluding hydrogens is 375 g/mol. The summed E-state index contributed by atoms with van der Waals surface area (Å²) < 4.78 is 24.6. The Balaban J connectivity index is 1.61. The first-order valence-electron chi connectivity index (χ1n) is 9.28. The SMILES string of the molecule is O=C(Nc1ccc(F)cc1)c1nc(N2CCOCC2)c2oc3ccccc3c2n1. The molecule has 8 heteroatoms. The summed E-state index contributed by atoms with van der Waals surface area (Å²) in [6, 6.07) is 13.1. The van der Waals surface area contributed by atoms with Gasteiger partial charge in [0, 0.05) is 24.2 Å². The minimum Gasteiger partial charge on any atom is -0.450 e. The molecule has 7 nitrogen and oxygen atoms in total. The third kappa shape index (κ3) is 3.27. The lowest BCUT2D eigenvalue weighted by Gasteiger charge is -2.27. The third-order valence-electron chi connectivity index (χ3n) is 4.82. The van der Waals surface area contributed by atoms with E-state index in [0.717, 1.165) is 5.39 Å². The van der Waals surface area contributed by atoms with Gasteiger partial charge in [-0.3, -0.25) is 4.79 Å². The molecule has 1 amide bonds. The van der Waals surface area contributed by atoms with Crippen LogP contribution < -0.4 is 10.2 Å². The van der Waals surface area contributed by atoms with Crippen LogP contribution in [0.25, 0.3) is 22.1 Å². The van der Waals surface area contributed by atoms with Gasteiger partial charge in [0.1, 0.15) is 16.9 Å². The summed E-state index contributed by atoms with van der Waals surface area (Å²) in [5, 5.41) is 3.53. The molecule has 4 aromatic rings. The molecule has 0 radical (unpaired) electrons. The van der Waals surface area contributed by atoms with Crippen LogP contribution >= 0.6 is 0 Å². The average Bonchev–Trinajstić information content (AvgIpc) is 3.14. The van der Waals surface area contributed by atoms with Gasteiger partial charge < -0.3 is 19.4 Å². The zero-order valence-corrected chi connectivity index (χ0v) is 15.4. The number of anilines is 2. The molecule has 1 fully saturated rings. The molecule has 29 heavy (non-hydrogen) atoms. The van der Waals surface area contributed by atoms with E-state index in [0.29, 0.717) is 54.5 Å². The number of aromatic nitrogens is 2. The Labute approximate surface area is 165 Å². The first-order valence-corrected chi connectivity index (χ1v) is 9.28. The van der Waals surface area contributed by atoms with E-state index in [2.05, 4.69) is 15.3 Å². The van der Waals surface area contributed by atoms with Gasteiger partial charge >= 0.3 is 0 Å². The molecular formula is C21H17FN4O3. The normalized spacial score (nSPS) is 14.4. The lowest BCUT2D eigenvalue weighted by atomic mass is 10.2. The maximum absolute atomic E-state index is 13.1. The average molecular weight is 392 g/mol. The molecule has 2 aromatic carbocycles. The molecule has 0 atom stereocenters. The molecule has 1 saturated heterocycles. The van der Waals surface area contributed by atoms with Crippen molar-refractivity contribution in [3.8, 4) is 0 Å². The Bertz CT molecular complexity index is 1200. The fraction of sp³-hybridized carbons (Fsp3) is 0.190. The summed E-state index contributed by atoms with van der Waals surface area (Å²) >= 11 is 0. The number of carbonyl (C=O) groups is 1. The van der Waals surface area contributed by atoms with E-state index in [1.54, 1.807) is 0 Å². The number of rotatable bonds is 3. The molecule has 0 spiro atoms. The molecule has 1 aliphatic rings. The van der Waals surface area contributed by atoms with Crippen LogP contribution in [0.5, 0.6) is 0 Å². The van der Waals surface area contributed by atoms with Crippen LogP contribution in [0.1, 0.15) is 10.6 Å². The maximum Gasteiger partial charge on any atom is 0.293 e.